The maximum atomic E-state index is 10.5. The number of hydrogen-bond acceptors (Lipinski definition) is 8. The van der Waals surface area contributed by atoms with Gasteiger partial charge < -0.3 is 25.8 Å². The van der Waals surface area contributed by atoms with E-state index in [4.69, 9.17) is 22.1 Å². The van der Waals surface area contributed by atoms with Gasteiger partial charge in [-0.1, -0.05) is 11.6 Å². The minimum Gasteiger partial charge on any atom is -0.394 e. The average Bonchev–Trinajstić information content (AvgIpc) is 2.91. The van der Waals surface area contributed by atoms with Crippen LogP contribution in [0.4, 0.5) is 5.95 Å². The Hall–Kier alpha value is -1.52. The van der Waals surface area contributed by atoms with Crippen molar-refractivity contribution in [2.75, 3.05) is 12.3 Å². The van der Waals surface area contributed by atoms with Gasteiger partial charge in [-0.05, 0) is 6.92 Å². The van der Waals surface area contributed by atoms with Crippen molar-refractivity contribution in [3.05, 3.63) is 11.5 Å². The summed E-state index contributed by atoms with van der Waals surface area (Å²) < 4.78 is 6.90. The van der Waals surface area contributed by atoms with Gasteiger partial charge in [-0.25, -0.2) is 4.98 Å². The number of aliphatic hydroxyl groups is 3. The molecule has 1 fully saturated rings. The van der Waals surface area contributed by atoms with Crippen molar-refractivity contribution < 1.29 is 20.1 Å². The largest absolute Gasteiger partial charge is 0.394 e. The zero-order valence-electron chi connectivity index (χ0n) is 11.0. The normalized spacial score (nSPS) is 32.9. The van der Waals surface area contributed by atoms with Crippen LogP contribution in [0.2, 0.25) is 5.15 Å². The second kappa shape index (κ2) is 4.75. The minimum absolute atomic E-state index is 0.0499. The highest BCUT2D eigenvalue weighted by molar-refractivity contribution is 6.33. The molecular weight excluding hydrogens is 302 g/mol. The number of ether oxygens (including phenoxy) is 1. The summed E-state index contributed by atoms with van der Waals surface area (Å²) in [4.78, 5) is 11.9. The molecule has 1 saturated heterocycles. The molecule has 9 nitrogen and oxygen atoms in total. The molecule has 5 N–H and O–H groups in total. The van der Waals surface area contributed by atoms with Gasteiger partial charge in [0.15, 0.2) is 17.0 Å². The fourth-order valence-corrected chi connectivity index (χ4v) is 2.68. The number of aromatic nitrogens is 4. The van der Waals surface area contributed by atoms with Gasteiger partial charge in [0.1, 0.15) is 23.3 Å². The van der Waals surface area contributed by atoms with Crippen LogP contribution in [0.1, 0.15) is 13.2 Å². The first-order chi connectivity index (χ1) is 9.86. The number of imidazole rings is 1. The van der Waals surface area contributed by atoms with Crippen molar-refractivity contribution in [1.82, 2.24) is 19.5 Å². The number of nitrogens with two attached hydrogens (primary N) is 1. The van der Waals surface area contributed by atoms with Gasteiger partial charge in [0, 0.05) is 0 Å². The van der Waals surface area contributed by atoms with E-state index < -0.39 is 30.6 Å². The van der Waals surface area contributed by atoms with Gasteiger partial charge in [-0.15, -0.1) is 0 Å². The molecule has 114 valence electrons. The Morgan fingerprint density at radius 2 is 2.24 bits per heavy atom. The van der Waals surface area contributed by atoms with Crippen LogP contribution in [0.5, 0.6) is 0 Å². The van der Waals surface area contributed by atoms with E-state index in [0.717, 1.165) is 0 Å². The lowest BCUT2D eigenvalue weighted by atomic mass is 9.96. The van der Waals surface area contributed by atoms with Crippen molar-refractivity contribution in [1.29, 1.82) is 0 Å². The Morgan fingerprint density at radius 1 is 1.52 bits per heavy atom. The van der Waals surface area contributed by atoms with Crippen LogP contribution < -0.4 is 5.73 Å². The zero-order valence-corrected chi connectivity index (χ0v) is 11.8. The summed E-state index contributed by atoms with van der Waals surface area (Å²) >= 11 is 5.94. The van der Waals surface area contributed by atoms with E-state index >= 15 is 0 Å². The van der Waals surface area contributed by atoms with Crippen molar-refractivity contribution in [3.63, 3.8) is 0 Å². The minimum atomic E-state index is -1.65. The highest BCUT2D eigenvalue weighted by Gasteiger charge is 2.53. The molecule has 0 spiro atoms. The fraction of sp³-hybridized carbons (Fsp3) is 0.545. The van der Waals surface area contributed by atoms with Gasteiger partial charge in [0.2, 0.25) is 5.95 Å². The molecule has 0 bridgehead atoms. The number of aliphatic hydroxyl groups excluding tert-OH is 2. The smallest absolute Gasteiger partial charge is 0.223 e. The summed E-state index contributed by atoms with van der Waals surface area (Å²) in [6.45, 7) is 0.967. The van der Waals surface area contributed by atoms with E-state index in [0.29, 0.717) is 5.52 Å². The number of halogens is 1. The lowest BCUT2D eigenvalue weighted by Gasteiger charge is -2.27. The second-order valence-corrected chi connectivity index (χ2v) is 5.43. The molecule has 0 radical (unpaired) electrons. The first kappa shape index (κ1) is 14.4. The van der Waals surface area contributed by atoms with Gasteiger partial charge in [-0.3, -0.25) is 4.57 Å². The van der Waals surface area contributed by atoms with Gasteiger partial charge in [0.05, 0.1) is 12.9 Å². The van der Waals surface area contributed by atoms with E-state index in [1.807, 2.05) is 0 Å². The molecule has 21 heavy (non-hydrogen) atoms. The SMILES string of the molecule is C[C@@]1(O)C(O)C(CO)OC1n1cnc2c(Cl)nc(N)nc21. The molecule has 3 unspecified atom stereocenters. The van der Waals surface area contributed by atoms with Crippen LogP contribution in [-0.4, -0.2) is 59.3 Å². The topological polar surface area (TPSA) is 140 Å². The predicted octanol–water partition coefficient (Wildman–Crippen LogP) is -0.937. The van der Waals surface area contributed by atoms with E-state index in [-0.39, 0.29) is 16.7 Å². The van der Waals surface area contributed by atoms with Crippen LogP contribution in [0.15, 0.2) is 6.33 Å². The lowest BCUT2D eigenvalue weighted by molar-refractivity contribution is -0.0950. The van der Waals surface area contributed by atoms with Crippen LogP contribution >= 0.6 is 11.6 Å². The number of nitrogens with zero attached hydrogens (tertiary/aromatic N) is 4. The molecule has 4 atom stereocenters. The highest BCUT2D eigenvalue weighted by Crippen LogP contribution is 2.39. The summed E-state index contributed by atoms with van der Waals surface area (Å²) in [6.07, 6.45) is -1.83. The zero-order chi connectivity index (χ0) is 15.4. The lowest BCUT2D eigenvalue weighted by Crippen LogP contribution is -2.44. The third-order valence-electron chi connectivity index (χ3n) is 3.58. The molecule has 10 heteroatoms. The molecule has 3 heterocycles. The third-order valence-corrected chi connectivity index (χ3v) is 3.85. The van der Waals surface area contributed by atoms with Gasteiger partial charge >= 0.3 is 0 Å². The number of fused-ring (bicyclic) bond motifs is 1. The standard InChI is InChI=1S/C11H14ClN5O4/c1-11(20)6(19)4(2-18)21-9(11)17-3-14-5-7(12)15-10(13)16-8(5)17/h3-4,6,9,18-20H,2H2,1H3,(H2,13,15,16)/t4?,6?,9?,11-/m1/s1. The Labute approximate surface area is 124 Å². The number of rotatable bonds is 2. The molecule has 0 saturated carbocycles. The maximum Gasteiger partial charge on any atom is 0.223 e. The molecule has 2 aromatic rings. The first-order valence-corrected chi connectivity index (χ1v) is 6.56. The van der Waals surface area contributed by atoms with Gasteiger partial charge in [-0.2, -0.15) is 9.97 Å². The monoisotopic (exact) mass is 315 g/mol. The summed E-state index contributed by atoms with van der Waals surface area (Å²) in [7, 11) is 0. The Balaban J connectivity index is 2.13. The van der Waals surface area contributed by atoms with Crippen molar-refractivity contribution >= 4 is 28.7 Å². The first-order valence-electron chi connectivity index (χ1n) is 6.18. The van der Waals surface area contributed by atoms with Crippen molar-refractivity contribution in [2.24, 2.45) is 0 Å². The highest BCUT2D eigenvalue weighted by atomic mass is 35.5. The Morgan fingerprint density at radius 3 is 2.86 bits per heavy atom. The summed E-state index contributed by atoms with van der Waals surface area (Å²) in [5, 5.41) is 29.7. The van der Waals surface area contributed by atoms with Crippen molar-refractivity contribution in [2.45, 2.75) is 31.0 Å². The molecule has 0 aromatic carbocycles. The third kappa shape index (κ3) is 2.05. The Bertz CT molecular complexity index is 691. The molecular formula is C11H14ClN5O4. The Kier molecular flexibility index (Phi) is 3.26. The van der Waals surface area contributed by atoms with E-state index in [9.17, 15) is 15.3 Å². The van der Waals surface area contributed by atoms with Crippen LogP contribution in [0.3, 0.4) is 0 Å². The molecule has 3 rings (SSSR count). The van der Waals surface area contributed by atoms with Crippen LogP contribution in [0, 0.1) is 0 Å². The second-order valence-electron chi connectivity index (χ2n) is 5.08. The van der Waals surface area contributed by atoms with Crippen LogP contribution in [0.25, 0.3) is 11.2 Å². The van der Waals surface area contributed by atoms with E-state index in [1.54, 1.807) is 0 Å². The molecule has 0 amide bonds. The number of anilines is 1. The van der Waals surface area contributed by atoms with Crippen LogP contribution in [-0.2, 0) is 4.74 Å². The van der Waals surface area contributed by atoms with E-state index in [2.05, 4.69) is 15.0 Å². The predicted molar refractivity (Wildman–Crippen MR) is 72.4 cm³/mol. The van der Waals surface area contributed by atoms with E-state index in [1.165, 1.54) is 17.8 Å². The molecule has 1 aliphatic rings. The molecule has 0 aliphatic carbocycles. The summed E-state index contributed by atoms with van der Waals surface area (Å²) in [5.74, 6) is -0.0499. The number of hydrogen-bond donors (Lipinski definition) is 4. The molecule has 1 aliphatic heterocycles. The summed E-state index contributed by atoms with van der Waals surface area (Å²) in [6, 6.07) is 0. The average molecular weight is 316 g/mol. The fourth-order valence-electron chi connectivity index (χ4n) is 2.46. The molecule has 2 aromatic heterocycles. The quantitative estimate of drug-likeness (QED) is 0.521. The maximum absolute atomic E-state index is 10.5. The van der Waals surface area contributed by atoms with Gasteiger partial charge in [0.25, 0.3) is 0 Å². The van der Waals surface area contributed by atoms with Crippen molar-refractivity contribution in [3.8, 4) is 0 Å². The summed E-state index contributed by atoms with van der Waals surface area (Å²) in [5.41, 5.74) is 4.48. The number of nitrogen functional groups attached to an aromatic ring is 1.